The highest BCUT2D eigenvalue weighted by atomic mass is 19.1. The summed E-state index contributed by atoms with van der Waals surface area (Å²) in [5.41, 5.74) is 1.47. The van der Waals surface area contributed by atoms with Gasteiger partial charge in [-0.1, -0.05) is 29.8 Å². The molecule has 0 radical (unpaired) electrons. The average molecular weight is 393 g/mol. The van der Waals surface area contributed by atoms with E-state index in [1.807, 2.05) is 13.0 Å². The lowest BCUT2D eigenvalue weighted by molar-refractivity contribution is 0.0483. The number of benzene rings is 2. The van der Waals surface area contributed by atoms with E-state index in [0.29, 0.717) is 17.6 Å². The first-order chi connectivity index (χ1) is 14.0. The number of hydrogen-bond donors (Lipinski definition) is 0. The van der Waals surface area contributed by atoms with Crippen LogP contribution < -0.4 is 5.43 Å². The highest BCUT2D eigenvalue weighted by Gasteiger charge is 2.44. The molecule has 1 saturated heterocycles. The van der Waals surface area contributed by atoms with Gasteiger partial charge in [0.2, 0.25) is 5.76 Å². The van der Waals surface area contributed by atoms with Crippen LogP contribution in [0.4, 0.5) is 4.39 Å². The molecule has 3 heterocycles. The van der Waals surface area contributed by atoms with E-state index in [4.69, 9.17) is 9.15 Å². The van der Waals surface area contributed by atoms with Gasteiger partial charge in [-0.05, 0) is 38.0 Å². The van der Waals surface area contributed by atoms with Crippen LogP contribution in [-0.4, -0.2) is 30.1 Å². The van der Waals surface area contributed by atoms with Crippen LogP contribution in [0.3, 0.4) is 0 Å². The minimum atomic E-state index is -0.830. The summed E-state index contributed by atoms with van der Waals surface area (Å²) >= 11 is 0. The first-order valence-electron chi connectivity index (χ1n) is 9.79. The molecule has 0 aliphatic carbocycles. The molecule has 2 aliphatic heterocycles. The zero-order valence-electron chi connectivity index (χ0n) is 16.0. The Balaban J connectivity index is 1.74. The van der Waals surface area contributed by atoms with E-state index in [2.05, 4.69) is 0 Å². The molecule has 0 bridgehead atoms. The second-order valence-electron chi connectivity index (χ2n) is 7.69. The fraction of sp³-hybridized carbons (Fsp3) is 0.304. The van der Waals surface area contributed by atoms with Crippen LogP contribution in [0, 0.1) is 12.7 Å². The summed E-state index contributed by atoms with van der Waals surface area (Å²) < 4.78 is 26.3. The van der Waals surface area contributed by atoms with E-state index in [9.17, 15) is 14.0 Å². The SMILES string of the molecule is Cc1ccc2oc3c(c(=O)c2c1)[C@@H](c1ccccc1F)N(C[C@H]1CCCO1)C3=O. The molecule has 0 N–H and O–H groups in total. The van der Waals surface area contributed by atoms with Crippen LogP contribution in [0.1, 0.15) is 46.1 Å². The molecular formula is C23H20FNO4. The number of halogens is 1. The number of amides is 1. The summed E-state index contributed by atoms with van der Waals surface area (Å²) in [6, 6.07) is 10.7. The first-order valence-corrected chi connectivity index (χ1v) is 9.79. The molecule has 1 fully saturated rings. The Labute approximate surface area is 166 Å². The van der Waals surface area contributed by atoms with Gasteiger partial charge in [0.25, 0.3) is 5.91 Å². The maximum absolute atomic E-state index is 14.8. The molecule has 2 atom stereocenters. The number of carbonyl (C=O) groups is 1. The number of rotatable bonds is 3. The lowest BCUT2D eigenvalue weighted by Crippen LogP contribution is -2.36. The molecular weight excluding hydrogens is 373 g/mol. The van der Waals surface area contributed by atoms with Gasteiger partial charge >= 0.3 is 0 Å². The third-order valence-electron chi connectivity index (χ3n) is 5.75. The second kappa shape index (κ2) is 6.81. The molecule has 0 spiro atoms. The highest BCUT2D eigenvalue weighted by Crippen LogP contribution is 2.39. The van der Waals surface area contributed by atoms with Crippen molar-refractivity contribution >= 4 is 16.9 Å². The summed E-state index contributed by atoms with van der Waals surface area (Å²) in [6.45, 7) is 2.82. The molecule has 5 nitrogen and oxygen atoms in total. The van der Waals surface area contributed by atoms with E-state index in [0.717, 1.165) is 18.4 Å². The standard InChI is InChI=1S/C23H20FNO4/c1-13-8-9-18-16(11-13)21(26)19-20(15-6-2-3-7-17(15)24)25(23(27)22(19)29-18)12-14-5-4-10-28-14/h2-3,6-9,11,14,20H,4-5,10,12H2,1H3/t14-,20-/m1/s1. The van der Waals surface area contributed by atoms with Crippen molar-refractivity contribution in [3.05, 3.63) is 81.0 Å². The van der Waals surface area contributed by atoms with Crippen LogP contribution in [0.25, 0.3) is 11.0 Å². The van der Waals surface area contributed by atoms with Crippen molar-refractivity contribution in [3.63, 3.8) is 0 Å². The van der Waals surface area contributed by atoms with Gasteiger partial charge in [-0.25, -0.2) is 4.39 Å². The molecule has 148 valence electrons. The summed E-state index contributed by atoms with van der Waals surface area (Å²) in [5.74, 6) is -0.861. The number of fused-ring (bicyclic) bond motifs is 2. The Morgan fingerprint density at radius 2 is 2.00 bits per heavy atom. The van der Waals surface area contributed by atoms with Gasteiger partial charge in [-0.3, -0.25) is 9.59 Å². The predicted molar refractivity (Wildman–Crippen MR) is 105 cm³/mol. The lowest BCUT2D eigenvalue weighted by Gasteiger charge is -2.27. The minimum Gasteiger partial charge on any atom is -0.450 e. The Bertz CT molecular complexity index is 1180. The quantitative estimate of drug-likeness (QED) is 0.676. The molecule has 29 heavy (non-hydrogen) atoms. The second-order valence-corrected chi connectivity index (χ2v) is 7.69. The highest BCUT2D eigenvalue weighted by molar-refractivity contribution is 5.99. The molecule has 1 aromatic heterocycles. The van der Waals surface area contributed by atoms with Crippen molar-refractivity contribution in [2.75, 3.05) is 13.2 Å². The summed E-state index contributed by atoms with van der Waals surface area (Å²) in [7, 11) is 0. The molecule has 2 aromatic carbocycles. The van der Waals surface area contributed by atoms with Gasteiger partial charge in [0.05, 0.1) is 23.1 Å². The molecule has 5 rings (SSSR count). The number of carbonyl (C=O) groups excluding carboxylic acids is 1. The summed E-state index contributed by atoms with van der Waals surface area (Å²) in [5, 5.41) is 0.400. The molecule has 1 amide bonds. The van der Waals surface area contributed by atoms with Crippen LogP contribution in [0.5, 0.6) is 0 Å². The van der Waals surface area contributed by atoms with E-state index in [-0.39, 0.29) is 35.0 Å². The van der Waals surface area contributed by atoms with E-state index in [1.165, 1.54) is 11.0 Å². The Hall–Kier alpha value is -2.99. The maximum atomic E-state index is 14.8. The monoisotopic (exact) mass is 393 g/mol. The van der Waals surface area contributed by atoms with Crippen molar-refractivity contribution < 1.29 is 18.3 Å². The smallest absolute Gasteiger partial charge is 0.291 e. The van der Waals surface area contributed by atoms with Gasteiger partial charge in [-0.15, -0.1) is 0 Å². The summed E-state index contributed by atoms with van der Waals surface area (Å²) in [6.07, 6.45) is 1.62. The Morgan fingerprint density at radius 1 is 1.17 bits per heavy atom. The molecule has 0 unspecified atom stereocenters. The van der Waals surface area contributed by atoms with Gasteiger partial charge in [0.15, 0.2) is 5.43 Å². The van der Waals surface area contributed by atoms with Crippen LogP contribution >= 0.6 is 0 Å². The van der Waals surface area contributed by atoms with Crippen molar-refractivity contribution in [3.8, 4) is 0 Å². The minimum absolute atomic E-state index is 0.00222. The number of hydrogen-bond acceptors (Lipinski definition) is 4. The molecule has 0 saturated carbocycles. The van der Waals surface area contributed by atoms with Crippen LogP contribution in [0.2, 0.25) is 0 Å². The van der Waals surface area contributed by atoms with Crippen molar-refractivity contribution in [2.45, 2.75) is 31.9 Å². The lowest BCUT2D eigenvalue weighted by atomic mass is 9.97. The normalized spacial score (nSPS) is 21.2. The van der Waals surface area contributed by atoms with E-state index in [1.54, 1.807) is 30.3 Å². The molecule has 6 heteroatoms. The van der Waals surface area contributed by atoms with Gasteiger partial charge in [-0.2, -0.15) is 0 Å². The topological polar surface area (TPSA) is 59.8 Å². The van der Waals surface area contributed by atoms with Gasteiger partial charge < -0.3 is 14.1 Å². The van der Waals surface area contributed by atoms with Crippen LogP contribution in [-0.2, 0) is 4.74 Å². The third-order valence-corrected chi connectivity index (χ3v) is 5.75. The first kappa shape index (κ1) is 18.1. The largest absolute Gasteiger partial charge is 0.450 e. The number of nitrogens with zero attached hydrogens (tertiary/aromatic N) is 1. The van der Waals surface area contributed by atoms with Crippen molar-refractivity contribution in [1.82, 2.24) is 4.90 Å². The fourth-order valence-electron chi connectivity index (χ4n) is 4.35. The summed E-state index contributed by atoms with van der Waals surface area (Å²) in [4.78, 5) is 28.2. The van der Waals surface area contributed by atoms with Gasteiger partial charge in [0.1, 0.15) is 11.4 Å². The third kappa shape index (κ3) is 2.86. The Morgan fingerprint density at radius 3 is 2.76 bits per heavy atom. The Kier molecular flexibility index (Phi) is 4.24. The van der Waals surface area contributed by atoms with E-state index < -0.39 is 17.8 Å². The number of ether oxygens (including phenoxy) is 1. The average Bonchev–Trinajstić information content (AvgIpc) is 3.31. The molecule has 2 aliphatic rings. The zero-order valence-corrected chi connectivity index (χ0v) is 16.0. The molecule has 3 aromatic rings. The van der Waals surface area contributed by atoms with Crippen LogP contribution in [0.15, 0.2) is 51.7 Å². The fourth-order valence-corrected chi connectivity index (χ4v) is 4.35. The zero-order chi connectivity index (χ0) is 20.1. The van der Waals surface area contributed by atoms with E-state index >= 15 is 0 Å². The predicted octanol–water partition coefficient (Wildman–Crippen LogP) is 3.96. The van der Waals surface area contributed by atoms with Gasteiger partial charge in [0, 0.05) is 18.7 Å². The number of aryl methyl sites for hydroxylation is 1. The van der Waals surface area contributed by atoms with Crippen molar-refractivity contribution in [2.24, 2.45) is 0 Å². The van der Waals surface area contributed by atoms with Crippen molar-refractivity contribution in [1.29, 1.82) is 0 Å². The maximum Gasteiger partial charge on any atom is 0.291 e.